The number of ether oxygens (including phenoxy) is 2. The molecule has 2 aromatic heterocycles. The summed E-state index contributed by atoms with van der Waals surface area (Å²) in [4.78, 5) is 29.3. The molecule has 1 aromatic carbocycles. The van der Waals surface area contributed by atoms with Crippen molar-refractivity contribution in [1.82, 2.24) is 14.7 Å². The van der Waals surface area contributed by atoms with Crippen LogP contribution in [0, 0.1) is 12.3 Å². The molecular weight excluding hydrogens is 434 g/mol. The number of methoxy groups -OCH3 is 1. The maximum Gasteiger partial charge on any atom is 0.340 e. The smallest absolute Gasteiger partial charge is 0.340 e. The van der Waals surface area contributed by atoms with Gasteiger partial charge in [-0.2, -0.15) is 4.37 Å². The van der Waals surface area contributed by atoms with Gasteiger partial charge in [-0.05, 0) is 55.9 Å². The van der Waals surface area contributed by atoms with Gasteiger partial charge in [0.2, 0.25) is 5.44 Å². The molecule has 0 saturated heterocycles. The molecule has 1 atom stereocenters. The molecule has 2 heterocycles. The van der Waals surface area contributed by atoms with Crippen molar-refractivity contribution in [3.05, 3.63) is 52.7 Å². The average molecular weight is 456 g/mol. The van der Waals surface area contributed by atoms with Gasteiger partial charge in [0.15, 0.2) is 0 Å². The lowest BCUT2D eigenvalue weighted by molar-refractivity contribution is -0.126. The van der Waals surface area contributed by atoms with Crippen LogP contribution in [0.5, 0.6) is 5.75 Å². The van der Waals surface area contributed by atoms with Crippen molar-refractivity contribution in [3.8, 4) is 18.1 Å². The van der Waals surface area contributed by atoms with E-state index in [0.29, 0.717) is 22.6 Å². The number of benzene rings is 1. The van der Waals surface area contributed by atoms with E-state index in [1.54, 1.807) is 43.8 Å². The Morgan fingerprint density at radius 1 is 1.32 bits per heavy atom. The number of rotatable bonds is 7. The molecule has 7 nitrogen and oxygen atoms in total. The molecule has 0 aliphatic heterocycles. The van der Waals surface area contributed by atoms with E-state index in [-0.39, 0.29) is 5.91 Å². The predicted molar refractivity (Wildman–Crippen MR) is 122 cm³/mol. The summed E-state index contributed by atoms with van der Waals surface area (Å²) < 4.78 is 15.0. The van der Waals surface area contributed by atoms with Gasteiger partial charge in [0.1, 0.15) is 5.75 Å². The van der Waals surface area contributed by atoms with Crippen LogP contribution in [0.1, 0.15) is 35.5 Å². The predicted octanol–water partition coefficient (Wildman–Crippen LogP) is 3.58. The second-order valence-electron chi connectivity index (χ2n) is 7.09. The fourth-order valence-electron chi connectivity index (χ4n) is 2.96. The van der Waals surface area contributed by atoms with Crippen LogP contribution < -0.4 is 10.1 Å². The van der Waals surface area contributed by atoms with Gasteiger partial charge < -0.3 is 14.8 Å². The lowest BCUT2D eigenvalue weighted by atomic mass is 9.97. The van der Waals surface area contributed by atoms with Crippen molar-refractivity contribution in [1.29, 1.82) is 0 Å². The first-order valence-electron chi connectivity index (χ1n) is 9.20. The van der Waals surface area contributed by atoms with Crippen LogP contribution in [0.3, 0.4) is 0 Å². The van der Waals surface area contributed by atoms with E-state index in [2.05, 4.69) is 20.6 Å². The standard InChI is InChI=1S/C22H21N3O4S2/c1-6-13-9-14-10-15(7-8-17(14)23-11-13)29-21(30-5)19(26)24-22(2,3)18-16(12-31-25-18)20(27)28-4/h1,7-12,21H,2-5H3,(H,24,26). The minimum atomic E-state index is -0.910. The summed E-state index contributed by atoms with van der Waals surface area (Å²) in [5.74, 6) is 2.22. The van der Waals surface area contributed by atoms with E-state index < -0.39 is 16.9 Å². The number of pyridine rings is 1. The van der Waals surface area contributed by atoms with Gasteiger partial charge >= 0.3 is 5.97 Å². The van der Waals surface area contributed by atoms with Crippen molar-refractivity contribution in [3.63, 3.8) is 0 Å². The number of nitrogens with one attached hydrogen (secondary N) is 1. The molecule has 1 amide bonds. The second kappa shape index (κ2) is 9.37. The van der Waals surface area contributed by atoms with Gasteiger partial charge in [-0.25, -0.2) is 4.79 Å². The zero-order valence-corrected chi connectivity index (χ0v) is 19.1. The van der Waals surface area contributed by atoms with Crippen LogP contribution in [0.4, 0.5) is 0 Å². The molecule has 3 aromatic rings. The van der Waals surface area contributed by atoms with Crippen molar-refractivity contribution in [2.24, 2.45) is 0 Å². The fourth-order valence-corrected chi connectivity index (χ4v) is 4.24. The number of carbonyl (C=O) groups is 2. The van der Waals surface area contributed by atoms with Crippen LogP contribution >= 0.6 is 23.3 Å². The highest BCUT2D eigenvalue weighted by Crippen LogP contribution is 2.27. The molecule has 0 radical (unpaired) electrons. The summed E-state index contributed by atoms with van der Waals surface area (Å²) in [5, 5.41) is 5.34. The third-order valence-electron chi connectivity index (χ3n) is 4.49. The first kappa shape index (κ1) is 22.6. The number of carbonyl (C=O) groups excluding carboxylic acids is 2. The number of thioether (sulfide) groups is 1. The molecule has 0 spiro atoms. The lowest BCUT2D eigenvalue weighted by Gasteiger charge is -2.27. The maximum absolute atomic E-state index is 13.0. The number of terminal acetylenes is 1. The monoisotopic (exact) mass is 455 g/mol. The molecule has 0 bridgehead atoms. The summed E-state index contributed by atoms with van der Waals surface area (Å²) in [6.07, 6.45) is 8.85. The highest BCUT2D eigenvalue weighted by molar-refractivity contribution is 7.99. The maximum atomic E-state index is 13.0. The largest absolute Gasteiger partial charge is 0.470 e. The van der Waals surface area contributed by atoms with Crippen LogP contribution in [-0.4, -0.2) is 40.0 Å². The third kappa shape index (κ3) is 4.98. The summed E-state index contributed by atoms with van der Waals surface area (Å²) in [7, 11) is 1.30. The first-order chi connectivity index (χ1) is 14.8. The minimum absolute atomic E-state index is 0.325. The molecule has 160 valence electrons. The summed E-state index contributed by atoms with van der Waals surface area (Å²) in [6.45, 7) is 3.54. The Morgan fingerprint density at radius 2 is 2.10 bits per heavy atom. The molecule has 0 fully saturated rings. The molecule has 9 heteroatoms. The first-order valence-corrected chi connectivity index (χ1v) is 11.3. The Bertz CT molecular complexity index is 1170. The quantitative estimate of drug-likeness (QED) is 0.331. The summed E-state index contributed by atoms with van der Waals surface area (Å²) in [5.41, 5.74) is 0.474. The van der Waals surface area contributed by atoms with Crippen LogP contribution in [0.15, 0.2) is 35.8 Å². The normalized spacial score (nSPS) is 12.1. The van der Waals surface area contributed by atoms with Crippen molar-refractivity contribution < 1.29 is 19.1 Å². The Kier molecular flexibility index (Phi) is 6.83. The highest BCUT2D eigenvalue weighted by atomic mass is 32.2. The van der Waals surface area contributed by atoms with Crippen LogP contribution in [0.2, 0.25) is 0 Å². The molecule has 31 heavy (non-hydrogen) atoms. The number of fused-ring (bicyclic) bond motifs is 1. The topological polar surface area (TPSA) is 90.4 Å². The van der Waals surface area contributed by atoms with E-state index in [0.717, 1.165) is 22.4 Å². The number of amides is 1. The number of hydrogen-bond donors (Lipinski definition) is 1. The molecule has 3 rings (SSSR count). The molecule has 1 unspecified atom stereocenters. The van der Waals surface area contributed by atoms with Gasteiger partial charge in [-0.15, -0.1) is 18.2 Å². The second-order valence-corrected chi connectivity index (χ2v) is 8.62. The van der Waals surface area contributed by atoms with Gasteiger partial charge in [-0.1, -0.05) is 5.92 Å². The number of aromatic nitrogens is 2. The molecule has 0 aliphatic rings. The van der Waals surface area contributed by atoms with Gasteiger partial charge in [0.25, 0.3) is 5.91 Å². The van der Waals surface area contributed by atoms with E-state index in [4.69, 9.17) is 15.9 Å². The molecule has 0 saturated carbocycles. The molecular formula is C22H21N3O4S2. The van der Waals surface area contributed by atoms with Crippen molar-refractivity contribution >= 4 is 46.1 Å². The zero-order valence-electron chi connectivity index (χ0n) is 17.5. The van der Waals surface area contributed by atoms with Crippen molar-refractivity contribution in [2.45, 2.75) is 24.8 Å². The zero-order chi connectivity index (χ0) is 22.6. The van der Waals surface area contributed by atoms with E-state index in [9.17, 15) is 9.59 Å². The van der Waals surface area contributed by atoms with Crippen LogP contribution in [-0.2, 0) is 15.1 Å². The molecule has 1 N–H and O–H groups in total. The SMILES string of the molecule is C#Cc1cnc2ccc(OC(SC)C(=O)NC(C)(C)c3nscc3C(=O)OC)cc2c1. The Balaban J connectivity index is 1.79. The average Bonchev–Trinajstić information content (AvgIpc) is 3.27. The summed E-state index contributed by atoms with van der Waals surface area (Å²) >= 11 is 2.37. The Labute approximate surface area is 188 Å². The van der Waals surface area contributed by atoms with E-state index >= 15 is 0 Å². The third-order valence-corrected chi connectivity index (χ3v) is 5.86. The number of nitrogens with zero attached hydrogens (tertiary/aromatic N) is 2. The van der Waals surface area contributed by atoms with E-state index in [1.807, 2.05) is 12.1 Å². The minimum Gasteiger partial charge on any atom is -0.470 e. The van der Waals surface area contributed by atoms with Gasteiger partial charge in [0.05, 0.1) is 29.4 Å². The Morgan fingerprint density at radius 3 is 2.77 bits per heavy atom. The fraction of sp³-hybridized carbons (Fsp3) is 0.273. The van der Waals surface area contributed by atoms with Crippen molar-refractivity contribution in [2.75, 3.05) is 13.4 Å². The van der Waals surface area contributed by atoms with Crippen LogP contribution in [0.25, 0.3) is 10.9 Å². The Hall–Kier alpha value is -3.09. The summed E-state index contributed by atoms with van der Waals surface area (Å²) in [6, 6.07) is 7.19. The molecule has 0 aliphatic carbocycles. The number of esters is 1. The number of hydrogen-bond acceptors (Lipinski definition) is 8. The highest BCUT2D eigenvalue weighted by Gasteiger charge is 2.33. The lowest BCUT2D eigenvalue weighted by Crippen LogP contribution is -2.47. The van der Waals surface area contributed by atoms with E-state index in [1.165, 1.54) is 18.9 Å². The van der Waals surface area contributed by atoms with Gasteiger partial charge in [0, 0.05) is 22.5 Å². The van der Waals surface area contributed by atoms with Gasteiger partial charge in [-0.3, -0.25) is 9.78 Å².